The van der Waals surface area contributed by atoms with Crippen LogP contribution in [0.15, 0.2) is 30.3 Å². The van der Waals surface area contributed by atoms with Crippen molar-refractivity contribution in [1.82, 2.24) is 16.0 Å². The highest BCUT2D eigenvalue weighted by atomic mass is 32.2. The summed E-state index contributed by atoms with van der Waals surface area (Å²) in [5.41, 5.74) is 6.23. The first-order valence-corrected chi connectivity index (χ1v) is 12.5. The summed E-state index contributed by atoms with van der Waals surface area (Å²) in [5, 5.41) is 17.5. The first-order valence-electron chi connectivity index (χ1n) is 11.1. The van der Waals surface area contributed by atoms with E-state index in [1.165, 1.54) is 11.8 Å². The molecule has 1 aromatic rings. The van der Waals surface area contributed by atoms with Crippen LogP contribution in [0.1, 0.15) is 38.7 Å². The molecule has 0 aromatic heterocycles. The van der Waals surface area contributed by atoms with Crippen LogP contribution < -0.4 is 21.7 Å². The number of aliphatic carboxylic acids is 1. The molecule has 1 rings (SSSR count). The van der Waals surface area contributed by atoms with E-state index >= 15 is 0 Å². The molecule has 6 N–H and O–H groups in total. The molecule has 10 heteroatoms. The van der Waals surface area contributed by atoms with Crippen LogP contribution in [0.3, 0.4) is 0 Å². The number of nitrogens with one attached hydrogen (secondary N) is 3. The number of hydrogen-bond acceptors (Lipinski definition) is 6. The van der Waals surface area contributed by atoms with Gasteiger partial charge in [0.15, 0.2) is 0 Å². The van der Waals surface area contributed by atoms with E-state index in [0.29, 0.717) is 18.6 Å². The Morgan fingerprint density at radius 3 is 2.21 bits per heavy atom. The number of nitrogens with two attached hydrogens (primary N) is 1. The third-order valence-electron chi connectivity index (χ3n) is 5.33. The van der Waals surface area contributed by atoms with E-state index < -0.39 is 35.9 Å². The second kappa shape index (κ2) is 15.3. The molecule has 0 bridgehead atoms. The normalized spacial score (nSPS) is 14.4. The zero-order valence-electron chi connectivity index (χ0n) is 19.5. The number of hydrogen-bond donors (Lipinski definition) is 5. The lowest BCUT2D eigenvalue weighted by molar-refractivity contribution is -0.143. The molecule has 9 nitrogen and oxygen atoms in total. The fraction of sp³-hybridized carbons (Fsp3) is 0.565. The standard InChI is InChI=1S/C23H36N4O5S/c1-4-15(2)20(23(31)32)27-22(30)18(14-16-8-6-5-7-9-16)26-21(29)17(11-13-33-3)25-19(28)10-12-24/h5-9,15,17-18,20H,4,10-14,24H2,1-3H3,(H,25,28)(H,26,29)(H,27,30)(H,31,32)/t15-,17-,18-,20-/m0/s1. The molecule has 0 saturated heterocycles. The number of carboxylic acid groups (broad SMARTS) is 1. The zero-order chi connectivity index (χ0) is 24.8. The minimum atomic E-state index is -1.13. The predicted molar refractivity (Wildman–Crippen MR) is 130 cm³/mol. The van der Waals surface area contributed by atoms with Crippen LogP contribution in [-0.2, 0) is 25.6 Å². The van der Waals surface area contributed by atoms with Crippen molar-refractivity contribution in [1.29, 1.82) is 0 Å². The van der Waals surface area contributed by atoms with Gasteiger partial charge in [-0.05, 0) is 29.9 Å². The highest BCUT2D eigenvalue weighted by Crippen LogP contribution is 2.10. The molecule has 4 atom stereocenters. The average molecular weight is 481 g/mol. The van der Waals surface area contributed by atoms with Gasteiger partial charge in [-0.15, -0.1) is 0 Å². The Morgan fingerprint density at radius 2 is 1.67 bits per heavy atom. The highest BCUT2D eigenvalue weighted by Gasteiger charge is 2.31. The Kier molecular flexibility index (Phi) is 13.2. The van der Waals surface area contributed by atoms with E-state index in [2.05, 4.69) is 16.0 Å². The number of benzene rings is 1. The summed E-state index contributed by atoms with van der Waals surface area (Å²) in [6.07, 6.45) is 3.11. The zero-order valence-corrected chi connectivity index (χ0v) is 20.3. The lowest BCUT2D eigenvalue weighted by atomic mass is 9.98. The van der Waals surface area contributed by atoms with E-state index in [0.717, 1.165) is 5.56 Å². The maximum Gasteiger partial charge on any atom is 0.326 e. The van der Waals surface area contributed by atoms with Crippen molar-refractivity contribution in [2.24, 2.45) is 11.7 Å². The van der Waals surface area contributed by atoms with Crippen molar-refractivity contribution in [3.8, 4) is 0 Å². The van der Waals surface area contributed by atoms with E-state index in [9.17, 15) is 24.3 Å². The molecule has 0 fully saturated rings. The molecule has 0 aliphatic carbocycles. The molecule has 1 aromatic carbocycles. The molecule has 0 unspecified atom stereocenters. The van der Waals surface area contributed by atoms with Gasteiger partial charge in [-0.1, -0.05) is 50.6 Å². The lowest BCUT2D eigenvalue weighted by Crippen LogP contribution is -2.57. The molecule has 3 amide bonds. The highest BCUT2D eigenvalue weighted by molar-refractivity contribution is 7.98. The Labute approximate surface area is 199 Å². The number of carbonyl (C=O) groups is 4. The number of carbonyl (C=O) groups excluding carboxylic acids is 3. The molecule has 0 heterocycles. The summed E-state index contributed by atoms with van der Waals surface area (Å²) in [4.78, 5) is 49.8. The molecular weight excluding hydrogens is 444 g/mol. The quantitative estimate of drug-likeness (QED) is 0.250. The second-order valence-corrected chi connectivity index (χ2v) is 8.89. The van der Waals surface area contributed by atoms with Gasteiger partial charge in [0.2, 0.25) is 17.7 Å². The molecule has 0 spiro atoms. The monoisotopic (exact) mass is 480 g/mol. The van der Waals surface area contributed by atoms with Crippen molar-refractivity contribution in [2.75, 3.05) is 18.6 Å². The van der Waals surface area contributed by atoms with Crippen molar-refractivity contribution < 1.29 is 24.3 Å². The van der Waals surface area contributed by atoms with Gasteiger partial charge in [0.05, 0.1) is 0 Å². The maximum atomic E-state index is 13.1. The van der Waals surface area contributed by atoms with Gasteiger partial charge in [-0.2, -0.15) is 11.8 Å². The minimum absolute atomic E-state index is 0.0895. The van der Waals surface area contributed by atoms with Crippen molar-refractivity contribution in [2.45, 2.75) is 57.7 Å². The molecule has 184 valence electrons. The van der Waals surface area contributed by atoms with Gasteiger partial charge in [-0.25, -0.2) is 4.79 Å². The second-order valence-electron chi connectivity index (χ2n) is 7.90. The van der Waals surface area contributed by atoms with E-state index in [1.807, 2.05) is 43.5 Å². The SMILES string of the molecule is CC[C@H](C)[C@H](NC(=O)[C@H](Cc1ccccc1)NC(=O)[C@H](CCSC)NC(=O)CCN)C(=O)O. The molecule has 0 radical (unpaired) electrons. The Hall–Kier alpha value is -2.59. The average Bonchev–Trinajstić information content (AvgIpc) is 2.79. The molecule has 0 saturated carbocycles. The summed E-state index contributed by atoms with van der Waals surface area (Å²) >= 11 is 1.53. The van der Waals surface area contributed by atoms with Crippen LogP contribution in [0.5, 0.6) is 0 Å². The van der Waals surface area contributed by atoms with E-state index in [1.54, 1.807) is 6.92 Å². The molecule has 0 aliphatic heterocycles. The Bertz CT molecular complexity index is 777. The van der Waals surface area contributed by atoms with Gasteiger partial charge < -0.3 is 26.8 Å². The van der Waals surface area contributed by atoms with Crippen LogP contribution in [0.25, 0.3) is 0 Å². The Balaban J connectivity index is 3.08. The molecular formula is C23H36N4O5S. The maximum absolute atomic E-state index is 13.1. The number of amides is 3. The van der Waals surface area contributed by atoms with Gasteiger partial charge in [0.25, 0.3) is 0 Å². The first kappa shape index (κ1) is 28.4. The number of thioether (sulfide) groups is 1. The third kappa shape index (κ3) is 10.3. The summed E-state index contributed by atoms with van der Waals surface area (Å²) in [6.45, 7) is 3.75. The fourth-order valence-corrected chi connectivity index (χ4v) is 3.64. The number of carboxylic acids is 1. The van der Waals surface area contributed by atoms with Gasteiger partial charge in [-0.3, -0.25) is 14.4 Å². The van der Waals surface area contributed by atoms with Gasteiger partial charge in [0.1, 0.15) is 18.1 Å². The van der Waals surface area contributed by atoms with Gasteiger partial charge >= 0.3 is 5.97 Å². The summed E-state index contributed by atoms with van der Waals surface area (Å²) < 4.78 is 0. The summed E-state index contributed by atoms with van der Waals surface area (Å²) in [7, 11) is 0. The number of rotatable bonds is 15. The topological polar surface area (TPSA) is 151 Å². The van der Waals surface area contributed by atoms with E-state index in [4.69, 9.17) is 5.73 Å². The van der Waals surface area contributed by atoms with Crippen LogP contribution in [0, 0.1) is 5.92 Å². The predicted octanol–water partition coefficient (Wildman–Crippen LogP) is 0.916. The minimum Gasteiger partial charge on any atom is -0.480 e. The van der Waals surface area contributed by atoms with Crippen LogP contribution in [-0.4, -0.2) is 65.5 Å². The molecule has 33 heavy (non-hydrogen) atoms. The lowest BCUT2D eigenvalue weighted by Gasteiger charge is -2.26. The summed E-state index contributed by atoms with van der Waals surface area (Å²) in [6, 6.07) is 6.22. The van der Waals surface area contributed by atoms with E-state index in [-0.39, 0.29) is 31.2 Å². The fourth-order valence-electron chi connectivity index (χ4n) is 3.17. The smallest absolute Gasteiger partial charge is 0.326 e. The van der Waals surface area contributed by atoms with Crippen LogP contribution in [0.4, 0.5) is 0 Å². The van der Waals surface area contributed by atoms with Crippen molar-refractivity contribution >= 4 is 35.5 Å². The first-order chi connectivity index (χ1) is 15.7. The van der Waals surface area contributed by atoms with Crippen LogP contribution in [0.2, 0.25) is 0 Å². The van der Waals surface area contributed by atoms with Crippen LogP contribution >= 0.6 is 11.8 Å². The largest absolute Gasteiger partial charge is 0.480 e. The Morgan fingerprint density at radius 1 is 1.03 bits per heavy atom. The summed E-state index contributed by atoms with van der Waals surface area (Å²) in [5.74, 6) is -2.21. The third-order valence-corrected chi connectivity index (χ3v) is 5.97. The van der Waals surface area contributed by atoms with Crippen molar-refractivity contribution in [3.05, 3.63) is 35.9 Å². The van der Waals surface area contributed by atoms with Gasteiger partial charge in [0, 0.05) is 19.4 Å². The molecule has 0 aliphatic rings. The van der Waals surface area contributed by atoms with Crippen molar-refractivity contribution in [3.63, 3.8) is 0 Å².